The van der Waals surface area contributed by atoms with Crippen molar-refractivity contribution in [3.63, 3.8) is 0 Å². The van der Waals surface area contributed by atoms with E-state index < -0.39 is 24.4 Å². The van der Waals surface area contributed by atoms with Crippen LogP contribution in [-0.2, 0) is 9.47 Å². The minimum atomic E-state index is -0.977. The van der Waals surface area contributed by atoms with Crippen LogP contribution in [0.1, 0.15) is 84.0 Å². The minimum absolute atomic E-state index is 0.0988. The number of hydrogen-bond donors (Lipinski definition) is 3. The second-order valence-corrected chi connectivity index (χ2v) is 7.65. The van der Waals surface area contributed by atoms with Crippen molar-refractivity contribution in [2.45, 2.75) is 108 Å². The summed E-state index contributed by atoms with van der Waals surface area (Å²) >= 11 is 0. The van der Waals surface area contributed by atoms with E-state index in [1.165, 1.54) is 57.8 Å². The average Bonchev–Trinajstić information content (AvgIpc) is 3.00. The molecule has 0 spiro atoms. The molecule has 5 heteroatoms. The lowest BCUT2D eigenvalue weighted by atomic mass is 10.1. The first-order valence-electron chi connectivity index (χ1n) is 11.1. The van der Waals surface area contributed by atoms with E-state index in [0.29, 0.717) is 6.61 Å². The molecule has 1 aliphatic rings. The van der Waals surface area contributed by atoms with Crippen LogP contribution in [0.2, 0.25) is 0 Å². The van der Waals surface area contributed by atoms with E-state index in [2.05, 4.69) is 19.1 Å². The first kappa shape index (κ1) is 24.6. The molecule has 3 N–H and O–H groups in total. The van der Waals surface area contributed by atoms with Gasteiger partial charge in [0.15, 0.2) is 0 Å². The predicted molar refractivity (Wildman–Crippen MR) is 109 cm³/mol. The summed E-state index contributed by atoms with van der Waals surface area (Å²) in [4.78, 5) is 0. The summed E-state index contributed by atoms with van der Waals surface area (Å²) in [5.74, 6) is 0. The third kappa shape index (κ3) is 11.2. The Bertz CT molecular complexity index is 361. The van der Waals surface area contributed by atoms with Crippen molar-refractivity contribution < 1.29 is 24.8 Å². The minimum Gasteiger partial charge on any atom is -0.394 e. The Balaban J connectivity index is 1.86. The molecule has 1 saturated heterocycles. The highest BCUT2D eigenvalue weighted by Crippen LogP contribution is 2.20. The highest BCUT2D eigenvalue weighted by atomic mass is 16.6. The van der Waals surface area contributed by atoms with Crippen LogP contribution >= 0.6 is 0 Å². The van der Waals surface area contributed by atoms with Crippen molar-refractivity contribution in [3.05, 3.63) is 12.2 Å². The van der Waals surface area contributed by atoms with E-state index in [0.717, 1.165) is 19.3 Å². The Morgan fingerprint density at radius 2 is 1.52 bits per heavy atom. The maximum Gasteiger partial charge on any atom is 0.114 e. The van der Waals surface area contributed by atoms with Crippen LogP contribution in [0, 0.1) is 0 Å². The van der Waals surface area contributed by atoms with Crippen molar-refractivity contribution in [3.8, 4) is 0 Å². The summed E-state index contributed by atoms with van der Waals surface area (Å²) in [6, 6.07) is 0. The van der Waals surface area contributed by atoms with Crippen molar-refractivity contribution in [1.29, 1.82) is 0 Å². The van der Waals surface area contributed by atoms with Gasteiger partial charge in [0.1, 0.15) is 24.4 Å². The Morgan fingerprint density at radius 1 is 0.926 bits per heavy atom. The maximum atomic E-state index is 9.82. The summed E-state index contributed by atoms with van der Waals surface area (Å²) in [6.07, 6.45) is 16.5. The van der Waals surface area contributed by atoms with Gasteiger partial charge in [-0.05, 0) is 25.7 Å². The summed E-state index contributed by atoms with van der Waals surface area (Å²) < 4.78 is 11.0. The lowest BCUT2D eigenvalue weighted by molar-refractivity contribution is -0.101. The molecule has 0 aromatic heterocycles. The fourth-order valence-corrected chi connectivity index (χ4v) is 3.50. The number of aliphatic hydroxyl groups excluding tert-OH is 3. The molecule has 1 fully saturated rings. The zero-order valence-electron chi connectivity index (χ0n) is 17.2. The third-order valence-corrected chi connectivity index (χ3v) is 5.24. The standard InChI is InChI=1S/C22H42O5/c1-2-3-4-5-6-7-8-9-10-11-12-13-14-15-16-26-20(17-23)22-21(25)19(24)18-27-22/h3-4,19-25H,2,5-18H2,1H3/b4-3+/t19-,20+,21+,22+/m1/s1. The van der Waals surface area contributed by atoms with E-state index in [1.54, 1.807) is 0 Å². The molecule has 0 saturated carbocycles. The quantitative estimate of drug-likeness (QED) is 0.262. The molecule has 0 aromatic rings. The number of hydrogen-bond acceptors (Lipinski definition) is 5. The van der Waals surface area contributed by atoms with Crippen LogP contribution in [-0.4, -0.2) is 59.6 Å². The molecule has 0 aliphatic carbocycles. The lowest BCUT2D eigenvalue weighted by Crippen LogP contribution is -2.42. The van der Waals surface area contributed by atoms with Crippen LogP contribution < -0.4 is 0 Å². The van der Waals surface area contributed by atoms with E-state index >= 15 is 0 Å². The summed E-state index contributed by atoms with van der Waals surface area (Å²) in [5, 5.41) is 28.7. The first-order chi connectivity index (χ1) is 13.2. The zero-order valence-corrected chi connectivity index (χ0v) is 17.2. The smallest absolute Gasteiger partial charge is 0.114 e. The molecule has 1 rings (SSSR count). The molecule has 160 valence electrons. The summed E-state index contributed by atoms with van der Waals surface area (Å²) in [7, 11) is 0. The summed E-state index contributed by atoms with van der Waals surface area (Å²) in [5.41, 5.74) is 0. The van der Waals surface area contributed by atoms with Crippen LogP contribution in [0.25, 0.3) is 0 Å². The number of unbranched alkanes of at least 4 members (excludes halogenated alkanes) is 10. The number of rotatable bonds is 17. The lowest BCUT2D eigenvalue weighted by Gasteiger charge is -2.24. The Kier molecular flexibility index (Phi) is 15.0. The predicted octanol–water partition coefficient (Wildman–Crippen LogP) is 3.74. The Morgan fingerprint density at radius 3 is 2.04 bits per heavy atom. The highest BCUT2D eigenvalue weighted by Gasteiger charge is 2.40. The van der Waals surface area contributed by atoms with Gasteiger partial charge in [-0.15, -0.1) is 0 Å². The molecule has 1 heterocycles. The van der Waals surface area contributed by atoms with Gasteiger partial charge in [-0.3, -0.25) is 0 Å². The molecule has 0 unspecified atom stereocenters. The zero-order chi connectivity index (χ0) is 19.7. The molecular weight excluding hydrogens is 344 g/mol. The molecule has 5 nitrogen and oxygen atoms in total. The van der Waals surface area contributed by atoms with Gasteiger partial charge in [0.2, 0.25) is 0 Å². The highest BCUT2D eigenvalue weighted by molar-refractivity contribution is 4.88. The van der Waals surface area contributed by atoms with Gasteiger partial charge in [0, 0.05) is 6.61 Å². The average molecular weight is 387 g/mol. The number of aliphatic hydroxyl groups is 3. The Labute approximate surface area is 165 Å². The van der Waals surface area contributed by atoms with Crippen molar-refractivity contribution in [2.24, 2.45) is 0 Å². The fourth-order valence-electron chi connectivity index (χ4n) is 3.50. The van der Waals surface area contributed by atoms with Gasteiger partial charge in [0.25, 0.3) is 0 Å². The summed E-state index contributed by atoms with van der Waals surface area (Å²) in [6.45, 7) is 2.63. The van der Waals surface area contributed by atoms with Crippen LogP contribution in [0.5, 0.6) is 0 Å². The molecule has 27 heavy (non-hydrogen) atoms. The Hall–Kier alpha value is -0.460. The van der Waals surface area contributed by atoms with E-state index in [9.17, 15) is 15.3 Å². The third-order valence-electron chi connectivity index (χ3n) is 5.24. The van der Waals surface area contributed by atoms with E-state index in [1.807, 2.05) is 0 Å². The largest absolute Gasteiger partial charge is 0.394 e. The number of allylic oxidation sites excluding steroid dienone is 2. The molecule has 1 aliphatic heterocycles. The van der Waals surface area contributed by atoms with Crippen LogP contribution in [0.3, 0.4) is 0 Å². The molecule has 0 radical (unpaired) electrons. The van der Waals surface area contributed by atoms with Gasteiger partial charge in [-0.2, -0.15) is 0 Å². The molecule has 0 amide bonds. The van der Waals surface area contributed by atoms with Crippen molar-refractivity contribution >= 4 is 0 Å². The monoisotopic (exact) mass is 386 g/mol. The second-order valence-electron chi connectivity index (χ2n) is 7.65. The van der Waals surface area contributed by atoms with Crippen LogP contribution in [0.4, 0.5) is 0 Å². The molecular formula is C22H42O5. The second kappa shape index (κ2) is 16.5. The van der Waals surface area contributed by atoms with Gasteiger partial charge in [-0.1, -0.05) is 70.4 Å². The van der Waals surface area contributed by atoms with Gasteiger partial charge in [-0.25, -0.2) is 0 Å². The van der Waals surface area contributed by atoms with Crippen molar-refractivity contribution in [2.75, 3.05) is 19.8 Å². The molecule has 0 bridgehead atoms. The SMILES string of the molecule is CC/C=C/CCCCCCCCCCCCO[C@@H](CO)[C@@H]1OC[C@@H](O)[C@@H]1O. The van der Waals surface area contributed by atoms with Crippen molar-refractivity contribution in [1.82, 2.24) is 0 Å². The topological polar surface area (TPSA) is 79.2 Å². The van der Waals surface area contributed by atoms with Gasteiger partial charge in [0.05, 0.1) is 13.2 Å². The maximum absolute atomic E-state index is 9.82. The van der Waals surface area contributed by atoms with Gasteiger partial charge < -0.3 is 24.8 Å². The first-order valence-corrected chi connectivity index (χ1v) is 11.1. The normalized spacial score (nSPS) is 24.1. The molecule has 4 atom stereocenters. The van der Waals surface area contributed by atoms with E-state index in [4.69, 9.17) is 9.47 Å². The number of ether oxygens (including phenoxy) is 2. The fraction of sp³-hybridized carbons (Fsp3) is 0.909. The van der Waals surface area contributed by atoms with E-state index in [-0.39, 0.29) is 13.2 Å². The van der Waals surface area contributed by atoms with Gasteiger partial charge >= 0.3 is 0 Å². The molecule has 0 aromatic carbocycles. The van der Waals surface area contributed by atoms with Crippen LogP contribution in [0.15, 0.2) is 12.2 Å².